The molecule has 74 valence electrons. The van der Waals surface area contributed by atoms with Crippen molar-refractivity contribution in [1.29, 1.82) is 0 Å². The topological polar surface area (TPSA) is 58.2 Å². The zero-order valence-electron chi connectivity index (χ0n) is 7.76. The Morgan fingerprint density at radius 3 is 2.42 bits per heavy atom. The van der Waals surface area contributed by atoms with Gasteiger partial charge in [0.05, 0.1) is 5.75 Å². The molecule has 0 aliphatic carbocycles. The summed E-state index contributed by atoms with van der Waals surface area (Å²) >= 11 is 0. The van der Waals surface area contributed by atoms with Crippen molar-refractivity contribution in [2.45, 2.75) is 19.8 Å². The molecule has 4 nitrogen and oxygen atoms in total. The molecule has 2 N–H and O–H groups in total. The summed E-state index contributed by atoms with van der Waals surface area (Å²) in [5.74, 6) is 0.160. The van der Waals surface area contributed by atoms with Gasteiger partial charge in [0.2, 0.25) is 10.0 Å². The molecule has 0 amide bonds. The third-order valence-corrected chi connectivity index (χ3v) is 2.86. The Morgan fingerprint density at radius 1 is 1.25 bits per heavy atom. The SMILES string of the molecule is CCCCNS(=O)(=O)CCNC. The fraction of sp³-hybridized carbons (Fsp3) is 1.00. The van der Waals surface area contributed by atoms with Crippen LogP contribution in [0.4, 0.5) is 0 Å². The largest absolute Gasteiger partial charge is 0.319 e. The van der Waals surface area contributed by atoms with Crippen molar-refractivity contribution < 1.29 is 8.42 Å². The molecule has 0 saturated heterocycles. The zero-order valence-corrected chi connectivity index (χ0v) is 8.58. The average molecular weight is 194 g/mol. The molecule has 0 aliphatic rings. The first-order valence-electron chi connectivity index (χ1n) is 4.24. The van der Waals surface area contributed by atoms with Crippen LogP contribution in [0.3, 0.4) is 0 Å². The van der Waals surface area contributed by atoms with Gasteiger partial charge in [-0.25, -0.2) is 13.1 Å². The van der Waals surface area contributed by atoms with E-state index in [1.54, 1.807) is 7.05 Å². The van der Waals surface area contributed by atoms with Crippen molar-refractivity contribution in [2.75, 3.05) is 25.9 Å². The first-order chi connectivity index (χ1) is 5.62. The summed E-state index contributed by atoms with van der Waals surface area (Å²) in [4.78, 5) is 0. The van der Waals surface area contributed by atoms with Gasteiger partial charge in [-0.3, -0.25) is 0 Å². The van der Waals surface area contributed by atoms with E-state index in [2.05, 4.69) is 10.0 Å². The molecule has 0 saturated carbocycles. The molecule has 0 rings (SSSR count). The highest BCUT2D eigenvalue weighted by atomic mass is 32.2. The highest BCUT2D eigenvalue weighted by Gasteiger charge is 2.06. The predicted octanol–water partition coefficient (Wildman–Crippen LogP) is -0.0747. The number of sulfonamides is 1. The molecule has 0 radical (unpaired) electrons. The molecule has 0 bridgehead atoms. The van der Waals surface area contributed by atoms with Crippen LogP contribution >= 0.6 is 0 Å². The van der Waals surface area contributed by atoms with Crippen LogP contribution in [0.15, 0.2) is 0 Å². The van der Waals surface area contributed by atoms with Crippen LogP contribution in [0, 0.1) is 0 Å². The maximum atomic E-state index is 11.1. The van der Waals surface area contributed by atoms with Gasteiger partial charge in [0.1, 0.15) is 0 Å². The summed E-state index contributed by atoms with van der Waals surface area (Å²) in [5.41, 5.74) is 0. The fourth-order valence-corrected chi connectivity index (χ4v) is 1.79. The summed E-state index contributed by atoms with van der Waals surface area (Å²) in [6.07, 6.45) is 1.91. The molecule has 12 heavy (non-hydrogen) atoms. The summed E-state index contributed by atoms with van der Waals surface area (Å²) < 4.78 is 24.8. The van der Waals surface area contributed by atoms with Crippen molar-refractivity contribution in [3.63, 3.8) is 0 Å². The van der Waals surface area contributed by atoms with E-state index < -0.39 is 10.0 Å². The van der Waals surface area contributed by atoms with E-state index in [0.29, 0.717) is 13.1 Å². The van der Waals surface area contributed by atoms with E-state index in [0.717, 1.165) is 12.8 Å². The smallest absolute Gasteiger partial charge is 0.212 e. The zero-order chi connectivity index (χ0) is 9.45. The van der Waals surface area contributed by atoms with Gasteiger partial charge in [0.15, 0.2) is 0 Å². The Kier molecular flexibility index (Phi) is 6.32. The van der Waals surface area contributed by atoms with Gasteiger partial charge in [-0.15, -0.1) is 0 Å². The first-order valence-corrected chi connectivity index (χ1v) is 5.89. The molecule has 0 spiro atoms. The molecule has 0 aromatic rings. The van der Waals surface area contributed by atoms with Crippen molar-refractivity contribution in [3.05, 3.63) is 0 Å². The summed E-state index contributed by atoms with van der Waals surface area (Å²) in [6.45, 7) is 3.09. The maximum absolute atomic E-state index is 11.1. The molecule has 0 unspecified atom stereocenters. The summed E-state index contributed by atoms with van der Waals surface area (Å²) in [6, 6.07) is 0. The highest BCUT2D eigenvalue weighted by Crippen LogP contribution is 1.87. The second-order valence-corrected chi connectivity index (χ2v) is 4.60. The molecular formula is C7H18N2O2S. The van der Waals surface area contributed by atoms with E-state index in [1.165, 1.54) is 0 Å². The van der Waals surface area contributed by atoms with Gasteiger partial charge in [-0.05, 0) is 13.5 Å². The number of hydrogen-bond donors (Lipinski definition) is 2. The fourth-order valence-electron chi connectivity index (χ4n) is 0.713. The maximum Gasteiger partial charge on any atom is 0.212 e. The van der Waals surface area contributed by atoms with Crippen LogP contribution in [0.25, 0.3) is 0 Å². The molecular weight excluding hydrogens is 176 g/mol. The van der Waals surface area contributed by atoms with Crippen LogP contribution in [0.5, 0.6) is 0 Å². The minimum atomic E-state index is -3.03. The lowest BCUT2D eigenvalue weighted by Gasteiger charge is -2.04. The van der Waals surface area contributed by atoms with Crippen molar-refractivity contribution in [2.24, 2.45) is 0 Å². The van der Waals surface area contributed by atoms with E-state index in [4.69, 9.17) is 0 Å². The van der Waals surface area contributed by atoms with Crippen LogP contribution in [0.2, 0.25) is 0 Å². The molecule has 0 aromatic heterocycles. The summed E-state index contributed by atoms with van der Waals surface area (Å²) in [5, 5.41) is 2.80. The Morgan fingerprint density at radius 2 is 1.92 bits per heavy atom. The standard InChI is InChI=1S/C7H18N2O2S/c1-3-4-5-9-12(10,11)7-6-8-2/h8-9H,3-7H2,1-2H3. The van der Waals surface area contributed by atoms with Gasteiger partial charge in [0.25, 0.3) is 0 Å². The lowest BCUT2D eigenvalue weighted by atomic mass is 10.3. The van der Waals surface area contributed by atoms with Gasteiger partial charge < -0.3 is 5.32 Å². The van der Waals surface area contributed by atoms with Crippen LogP contribution in [0.1, 0.15) is 19.8 Å². The number of unbranched alkanes of at least 4 members (excludes halogenated alkanes) is 1. The van der Waals surface area contributed by atoms with Crippen molar-refractivity contribution >= 4 is 10.0 Å². The number of rotatable bonds is 7. The second-order valence-electron chi connectivity index (χ2n) is 2.67. The van der Waals surface area contributed by atoms with Gasteiger partial charge in [0, 0.05) is 13.1 Å². The molecule has 0 fully saturated rings. The Bertz CT molecular complexity index is 190. The number of hydrogen-bond acceptors (Lipinski definition) is 3. The van der Waals surface area contributed by atoms with Gasteiger partial charge >= 0.3 is 0 Å². The normalized spacial score (nSPS) is 11.8. The third-order valence-electron chi connectivity index (χ3n) is 1.47. The van der Waals surface area contributed by atoms with Crippen LogP contribution in [-0.4, -0.2) is 34.3 Å². The lowest BCUT2D eigenvalue weighted by molar-refractivity contribution is 0.576. The minimum Gasteiger partial charge on any atom is -0.319 e. The Labute approximate surface area is 74.8 Å². The lowest BCUT2D eigenvalue weighted by Crippen LogP contribution is -2.31. The average Bonchev–Trinajstić information content (AvgIpc) is 2.01. The first kappa shape index (κ1) is 11.9. The van der Waals surface area contributed by atoms with E-state index in [9.17, 15) is 8.42 Å². The molecule has 0 aromatic carbocycles. The molecule has 5 heteroatoms. The van der Waals surface area contributed by atoms with Gasteiger partial charge in [-0.1, -0.05) is 13.3 Å². The van der Waals surface area contributed by atoms with E-state index >= 15 is 0 Å². The summed E-state index contributed by atoms with van der Waals surface area (Å²) in [7, 11) is -1.29. The van der Waals surface area contributed by atoms with Crippen molar-refractivity contribution in [1.82, 2.24) is 10.0 Å². The molecule has 0 aliphatic heterocycles. The second kappa shape index (κ2) is 6.39. The van der Waals surface area contributed by atoms with E-state index in [1.807, 2.05) is 6.92 Å². The van der Waals surface area contributed by atoms with Crippen LogP contribution < -0.4 is 10.0 Å². The number of nitrogens with one attached hydrogen (secondary N) is 2. The van der Waals surface area contributed by atoms with Crippen LogP contribution in [-0.2, 0) is 10.0 Å². The highest BCUT2D eigenvalue weighted by molar-refractivity contribution is 7.89. The Balaban J connectivity index is 3.58. The quantitative estimate of drug-likeness (QED) is 0.558. The Hall–Kier alpha value is -0.130. The van der Waals surface area contributed by atoms with Gasteiger partial charge in [-0.2, -0.15) is 0 Å². The molecule has 0 heterocycles. The molecule has 0 atom stereocenters. The predicted molar refractivity (Wildman–Crippen MR) is 50.6 cm³/mol. The monoisotopic (exact) mass is 194 g/mol. The third kappa shape index (κ3) is 6.57. The minimum absolute atomic E-state index is 0.160. The van der Waals surface area contributed by atoms with E-state index in [-0.39, 0.29) is 5.75 Å². The van der Waals surface area contributed by atoms with Crippen molar-refractivity contribution in [3.8, 4) is 0 Å².